The maximum absolute atomic E-state index is 13.9. The molecule has 29 heavy (non-hydrogen) atoms. The normalized spacial score (nSPS) is 12.8. The van der Waals surface area contributed by atoms with E-state index in [0.717, 1.165) is 0 Å². The molecule has 0 aliphatic carbocycles. The summed E-state index contributed by atoms with van der Waals surface area (Å²) >= 11 is 12.1. The second-order valence-electron chi connectivity index (χ2n) is 6.36. The molecule has 0 unspecified atom stereocenters. The molecule has 1 heterocycles. The predicted octanol–water partition coefficient (Wildman–Crippen LogP) is 4.11. The number of amides is 1. The van der Waals surface area contributed by atoms with Crippen molar-refractivity contribution < 1.29 is 28.2 Å². The van der Waals surface area contributed by atoms with E-state index in [2.05, 4.69) is 0 Å². The van der Waals surface area contributed by atoms with Gasteiger partial charge in [0.25, 0.3) is 5.91 Å². The third-order valence-electron chi connectivity index (χ3n) is 4.25. The Bertz CT molecular complexity index is 917. The number of hydrogen-bond donors (Lipinski definition) is 0. The summed E-state index contributed by atoms with van der Waals surface area (Å²) < 4.78 is 30.0. The van der Waals surface area contributed by atoms with E-state index >= 15 is 0 Å². The average molecular weight is 442 g/mol. The van der Waals surface area contributed by atoms with Crippen molar-refractivity contribution in [2.75, 3.05) is 26.9 Å². The summed E-state index contributed by atoms with van der Waals surface area (Å²) in [4.78, 5) is 25.8. The third-order valence-corrected chi connectivity index (χ3v) is 4.88. The third kappa shape index (κ3) is 5.10. The van der Waals surface area contributed by atoms with Gasteiger partial charge in [-0.25, -0.2) is 9.18 Å². The molecule has 1 aliphatic rings. The zero-order valence-corrected chi connectivity index (χ0v) is 17.1. The Morgan fingerprint density at radius 1 is 1.17 bits per heavy atom. The van der Waals surface area contributed by atoms with Crippen molar-refractivity contribution in [3.63, 3.8) is 0 Å². The summed E-state index contributed by atoms with van der Waals surface area (Å²) in [5, 5.41) is 0.428. The first-order valence-electron chi connectivity index (χ1n) is 8.80. The van der Waals surface area contributed by atoms with E-state index < -0.39 is 24.3 Å². The fourth-order valence-electron chi connectivity index (χ4n) is 2.68. The summed E-state index contributed by atoms with van der Waals surface area (Å²) in [6.07, 6.45) is 0.692. The summed E-state index contributed by atoms with van der Waals surface area (Å²) in [5.74, 6) is -1.06. The number of rotatable bonds is 5. The number of nitrogens with zero attached hydrogens (tertiary/aromatic N) is 1. The zero-order chi connectivity index (χ0) is 21.0. The lowest BCUT2D eigenvalue weighted by molar-refractivity contribution is -0.133. The van der Waals surface area contributed by atoms with Crippen molar-refractivity contribution in [1.29, 1.82) is 0 Å². The summed E-state index contributed by atoms with van der Waals surface area (Å²) in [5.41, 5.74) is 0.317. The smallest absolute Gasteiger partial charge is 0.338 e. The molecule has 0 radical (unpaired) electrons. The minimum Gasteiger partial charge on any atom is -0.489 e. The lowest BCUT2D eigenvalue weighted by Crippen LogP contribution is -2.31. The van der Waals surface area contributed by atoms with Gasteiger partial charge >= 0.3 is 5.97 Å². The van der Waals surface area contributed by atoms with Gasteiger partial charge in [-0.2, -0.15) is 0 Å². The predicted molar refractivity (Wildman–Crippen MR) is 105 cm³/mol. The van der Waals surface area contributed by atoms with Crippen LogP contribution in [0, 0.1) is 5.82 Å². The van der Waals surface area contributed by atoms with Gasteiger partial charge in [0.05, 0.1) is 23.8 Å². The number of likely N-dealkylation sites (N-methyl/N-ethyl adjacent to an activating group) is 1. The van der Waals surface area contributed by atoms with Crippen molar-refractivity contribution in [1.82, 2.24) is 4.90 Å². The van der Waals surface area contributed by atoms with Crippen LogP contribution in [0.2, 0.25) is 10.0 Å². The van der Waals surface area contributed by atoms with Crippen molar-refractivity contribution >= 4 is 35.1 Å². The van der Waals surface area contributed by atoms with Gasteiger partial charge in [-0.1, -0.05) is 29.3 Å². The second kappa shape index (κ2) is 9.33. The van der Waals surface area contributed by atoms with Gasteiger partial charge in [0, 0.05) is 30.6 Å². The van der Waals surface area contributed by atoms with Crippen LogP contribution in [0.5, 0.6) is 11.5 Å². The molecule has 9 heteroatoms. The molecule has 1 amide bonds. The number of ether oxygens (including phenoxy) is 3. The fraction of sp³-hybridized carbons (Fsp3) is 0.300. The molecule has 0 aromatic heterocycles. The zero-order valence-electron chi connectivity index (χ0n) is 15.5. The van der Waals surface area contributed by atoms with Crippen LogP contribution in [0.1, 0.15) is 22.3 Å². The van der Waals surface area contributed by atoms with Crippen LogP contribution in [0.3, 0.4) is 0 Å². The molecule has 0 atom stereocenters. The highest BCUT2D eigenvalue weighted by Crippen LogP contribution is 2.38. The molecule has 2 aromatic rings. The maximum Gasteiger partial charge on any atom is 0.338 e. The van der Waals surface area contributed by atoms with Crippen LogP contribution in [0.4, 0.5) is 4.39 Å². The summed E-state index contributed by atoms with van der Waals surface area (Å²) in [6, 6.07) is 7.12. The lowest BCUT2D eigenvalue weighted by atomic mass is 10.2. The lowest BCUT2D eigenvalue weighted by Gasteiger charge is -2.18. The minimum atomic E-state index is -0.742. The SMILES string of the molecule is CN(Cc1c(F)cccc1Cl)C(=O)COC(=O)c1cc(Cl)c2c(c1)OCCCO2. The Morgan fingerprint density at radius 3 is 2.69 bits per heavy atom. The van der Waals surface area contributed by atoms with Crippen molar-refractivity contribution in [3.05, 3.63) is 57.3 Å². The number of fused-ring (bicyclic) bond motifs is 1. The Morgan fingerprint density at radius 2 is 1.93 bits per heavy atom. The van der Waals surface area contributed by atoms with Crippen molar-refractivity contribution in [3.8, 4) is 11.5 Å². The highest BCUT2D eigenvalue weighted by atomic mass is 35.5. The first-order valence-corrected chi connectivity index (χ1v) is 9.55. The highest BCUT2D eigenvalue weighted by Gasteiger charge is 2.21. The van der Waals surface area contributed by atoms with E-state index in [4.69, 9.17) is 37.4 Å². The first-order chi connectivity index (χ1) is 13.9. The van der Waals surface area contributed by atoms with Gasteiger partial charge in [-0.3, -0.25) is 4.79 Å². The number of carbonyl (C=O) groups is 2. The molecule has 1 aliphatic heterocycles. The van der Waals surface area contributed by atoms with Crippen LogP contribution >= 0.6 is 23.2 Å². The molecule has 0 saturated carbocycles. The molecule has 0 saturated heterocycles. The maximum atomic E-state index is 13.9. The Labute approximate surface area is 177 Å². The molecule has 0 bridgehead atoms. The molecular weight excluding hydrogens is 424 g/mol. The van der Waals surface area contributed by atoms with E-state index in [-0.39, 0.29) is 27.7 Å². The van der Waals surface area contributed by atoms with E-state index in [1.54, 1.807) is 0 Å². The molecular formula is C20H18Cl2FNO5. The molecule has 0 spiro atoms. The monoisotopic (exact) mass is 441 g/mol. The summed E-state index contributed by atoms with van der Waals surface area (Å²) in [6.45, 7) is 0.318. The molecule has 2 aromatic carbocycles. The topological polar surface area (TPSA) is 65.1 Å². The molecule has 0 fully saturated rings. The van der Waals surface area contributed by atoms with Crippen molar-refractivity contribution in [2.24, 2.45) is 0 Å². The fourth-order valence-corrected chi connectivity index (χ4v) is 3.17. The molecule has 6 nitrogen and oxygen atoms in total. The van der Waals surface area contributed by atoms with Gasteiger partial charge in [-0.15, -0.1) is 0 Å². The van der Waals surface area contributed by atoms with Gasteiger partial charge in [0.15, 0.2) is 18.1 Å². The Balaban J connectivity index is 1.62. The highest BCUT2D eigenvalue weighted by molar-refractivity contribution is 6.32. The molecule has 0 N–H and O–H groups in total. The second-order valence-corrected chi connectivity index (χ2v) is 7.18. The number of halogens is 3. The quantitative estimate of drug-likeness (QED) is 0.653. The van der Waals surface area contributed by atoms with E-state index in [1.807, 2.05) is 0 Å². The molecule has 3 rings (SSSR count). The largest absolute Gasteiger partial charge is 0.489 e. The number of esters is 1. The number of hydrogen-bond acceptors (Lipinski definition) is 5. The van der Waals surface area contributed by atoms with Crippen LogP contribution in [-0.2, 0) is 16.1 Å². The Kier molecular flexibility index (Phi) is 6.82. The average Bonchev–Trinajstić information content (AvgIpc) is 2.94. The minimum absolute atomic E-state index is 0.0578. The Hall–Kier alpha value is -2.51. The van der Waals surface area contributed by atoms with Crippen LogP contribution in [0.15, 0.2) is 30.3 Å². The van der Waals surface area contributed by atoms with Gasteiger partial charge < -0.3 is 19.1 Å². The van der Waals surface area contributed by atoms with Gasteiger partial charge in [-0.05, 0) is 24.3 Å². The standard InChI is InChI=1S/C20H18Cl2FNO5/c1-24(10-13-14(21)4-2-5-16(13)23)18(25)11-29-20(26)12-8-15(22)19-17(9-12)27-6-3-7-28-19/h2,4-5,8-9H,3,6-7,10-11H2,1H3. The summed E-state index contributed by atoms with van der Waals surface area (Å²) in [7, 11) is 1.46. The number of carbonyl (C=O) groups excluding carboxylic acids is 2. The van der Waals surface area contributed by atoms with E-state index in [9.17, 15) is 14.0 Å². The van der Waals surface area contributed by atoms with Gasteiger partial charge in [0.1, 0.15) is 5.82 Å². The molecule has 154 valence electrons. The van der Waals surface area contributed by atoms with Crippen LogP contribution < -0.4 is 9.47 Å². The van der Waals surface area contributed by atoms with E-state index in [0.29, 0.717) is 31.1 Å². The number of benzene rings is 2. The van der Waals surface area contributed by atoms with Gasteiger partial charge in [0.2, 0.25) is 0 Å². The first kappa shape index (κ1) is 21.2. The van der Waals surface area contributed by atoms with Crippen molar-refractivity contribution in [2.45, 2.75) is 13.0 Å². The van der Waals surface area contributed by atoms with E-state index in [1.165, 1.54) is 42.3 Å². The van der Waals surface area contributed by atoms with Crippen LogP contribution in [0.25, 0.3) is 0 Å². The van der Waals surface area contributed by atoms with Crippen LogP contribution in [-0.4, -0.2) is 43.6 Å².